The van der Waals surface area contributed by atoms with E-state index < -0.39 is 5.97 Å². The molecule has 1 rings (SSSR count). The van der Waals surface area contributed by atoms with Crippen molar-refractivity contribution in [3.63, 3.8) is 0 Å². The highest BCUT2D eigenvalue weighted by atomic mass is 32.1. The minimum Gasteiger partial charge on any atom is -0.481 e. The summed E-state index contributed by atoms with van der Waals surface area (Å²) in [5.74, 6) is 0.113. The van der Waals surface area contributed by atoms with Crippen LogP contribution < -0.4 is 5.32 Å². The minimum absolute atomic E-state index is 0.225. The van der Waals surface area contributed by atoms with Gasteiger partial charge in [-0.05, 0) is 19.8 Å². The van der Waals surface area contributed by atoms with Gasteiger partial charge in [0.1, 0.15) is 5.82 Å². The lowest BCUT2D eigenvalue weighted by Gasteiger charge is -2.11. The molecule has 0 aliphatic rings. The Morgan fingerprint density at radius 3 is 2.94 bits per heavy atom. The molecule has 6 heteroatoms. The Morgan fingerprint density at radius 2 is 2.38 bits per heavy atom. The highest BCUT2D eigenvalue weighted by Crippen LogP contribution is 2.14. The lowest BCUT2D eigenvalue weighted by Crippen LogP contribution is -2.15. The van der Waals surface area contributed by atoms with Crippen molar-refractivity contribution in [2.24, 2.45) is 0 Å². The second-order valence-electron chi connectivity index (χ2n) is 3.70. The second kappa shape index (κ2) is 6.42. The maximum atomic E-state index is 10.3. The SMILES string of the molecule is CCc1nsc(NC(C)CCCC(=O)O)n1. The summed E-state index contributed by atoms with van der Waals surface area (Å²) in [6.07, 6.45) is 2.57. The van der Waals surface area contributed by atoms with Crippen molar-refractivity contribution in [3.05, 3.63) is 5.82 Å². The van der Waals surface area contributed by atoms with Crippen LogP contribution in [-0.4, -0.2) is 26.5 Å². The number of carbonyl (C=O) groups is 1. The second-order valence-corrected chi connectivity index (χ2v) is 4.45. The molecular weight excluding hydrogens is 226 g/mol. The molecule has 0 aliphatic heterocycles. The van der Waals surface area contributed by atoms with Crippen molar-refractivity contribution < 1.29 is 9.90 Å². The van der Waals surface area contributed by atoms with Crippen LogP contribution in [0.4, 0.5) is 5.13 Å². The number of carboxylic acid groups (broad SMARTS) is 1. The van der Waals surface area contributed by atoms with Crippen LogP contribution in [0.1, 0.15) is 38.9 Å². The predicted octanol–water partition coefficient (Wildman–Crippen LogP) is 2.16. The van der Waals surface area contributed by atoms with Crippen LogP contribution in [0.15, 0.2) is 0 Å². The number of anilines is 1. The van der Waals surface area contributed by atoms with Crippen molar-refractivity contribution >= 4 is 22.6 Å². The number of rotatable bonds is 7. The Labute approximate surface area is 99.1 Å². The van der Waals surface area contributed by atoms with E-state index in [-0.39, 0.29) is 12.5 Å². The van der Waals surface area contributed by atoms with Gasteiger partial charge in [-0.15, -0.1) is 0 Å². The molecule has 0 aliphatic carbocycles. The van der Waals surface area contributed by atoms with Gasteiger partial charge in [0, 0.05) is 30.4 Å². The summed E-state index contributed by atoms with van der Waals surface area (Å²) in [4.78, 5) is 14.6. The first-order chi connectivity index (χ1) is 7.61. The van der Waals surface area contributed by atoms with Gasteiger partial charge in [-0.3, -0.25) is 4.79 Å². The maximum Gasteiger partial charge on any atom is 0.303 e. The van der Waals surface area contributed by atoms with E-state index >= 15 is 0 Å². The van der Waals surface area contributed by atoms with Crippen LogP contribution in [0.5, 0.6) is 0 Å². The fourth-order valence-corrected chi connectivity index (χ4v) is 2.06. The van der Waals surface area contributed by atoms with E-state index in [1.807, 2.05) is 13.8 Å². The van der Waals surface area contributed by atoms with Gasteiger partial charge in [-0.2, -0.15) is 4.37 Å². The number of carboxylic acids is 1. The van der Waals surface area contributed by atoms with Crippen LogP contribution in [0.3, 0.4) is 0 Å². The zero-order valence-electron chi connectivity index (χ0n) is 9.56. The first kappa shape index (κ1) is 12.9. The van der Waals surface area contributed by atoms with Crippen molar-refractivity contribution in [3.8, 4) is 0 Å². The molecule has 1 heterocycles. The van der Waals surface area contributed by atoms with Gasteiger partial charge in [0.2, 0.25) is 5.13 Å². The number of aryl methyl sites for hydroxylation is 1. The standard InChI is InChI=1S/C10H17N3O2S/c1-3-8-12-10(16-13-8)11-7(2)5-4-6-9(14)15/h7H,3-6H2,1-2H3,(H,14,15)(H,11,12,13). The average Bonchev–Trinajstić information content (AvgIpc) is 2.65. The molecule has 1 aromatic rings. The molecule has 0 saturated heterocycles. The molecule has 0 aromatic carbocycles. The highest BCUT2D eigenvalue weighted by Gasteiger charge is 2.07. The number of aliphatic carboxylic acids is 1. The fraction of sp³-hybridized carbons (Fsp3) is 0.700. The van der Waals surface area contributed by atoms with Gasteiger partial charge >= 0.3 is 5.97 Å². The first-order valence-corrected chi connectivity index (χ1v) is 6.20. The number of aromatic nitrogens is 2. The van der Waals surface area contributed by atoms with Gasteiger partial charge < -0.3 is 10.4 Å². The van der Waals surface area contributed by atoms with Crippen LogP contribution in [-0.2, 0) is 11.2 Å². The summed E-state index contributed by atoms with van der Waals surface area (Å²) in [7, 11) is 0. The van der Waals surface area contributed by atoms with Gasteiger partial charge in [0.25, 0.3) is 0 Å². The molecule has 1 unspecified atom stereocenters. The van der Waals surface area contributed by atoms with E-state index in [2.05, 4.69) is 14.7 Å². The van der Waals surface area contributed by atoms with Crippen molar-refractivity contribution in [1.82, 2.24) is 9.36 Å². The third-order valence-corrected chi connectivity index (χ3v) is 2.87. The van der Waals surface area contributed by atoms with Crippen LogP contribution in [0, 0.1) is 0 Å². The molecule has 0 saturated carbocycles. The summed E-state index contributed by atoms with van der Waals surface area (Å²) in [5.41, 5.74) is 0. The monoisotopic (exact) mass is 243 g/mol. The summed E-state index contributed by atoms with van der Waals surface area (Å²) >= 11 is 1.35. The Kier molecular flexibility index (Phi) is 5.18. The van der Waals surface area contributed by atoms with E-state index in [1.165, 1.54) is 11.5 Å². The van der Waals surface area contributed by atoms with E-state index in [0.29, 0.717) is 6.42 Å². The first-order valence-electron chi connectivity index (χ1n) is 5.42. The molecule has 0 amide bonds. The van der Waals surface area contributed by atoms with Crippen molar-refractivity contribution in [2.75, 3.05) is 5.32 Å². The number of nitrogens with one attached hydrogen (secondary N) is 1. The molecule has 5 nitrogen and oxygen atoms in total. The number of nitrogens with zero attached hydrogens (tertiary/aromatic N) is 2. The molecule has 0 bridgehead atoms. The van der Waals surface area contributed by atoms with E-state index in [0.717, 1.165) is 23.8 Å². The molecular formula is C10H17N3O2S. The predicted molar refractivity (Wildman–Crippen MR) is 63.9 cm³/mol. The Hall–Kier alpha value is -1.17. The summed E-state index contributed by atoms with van der Waals surface area (Å²) in [5, 5.41) is 12.6. The van der Waals surface area contributed by atoms with Gasteiger partial charge in [-0.25, -0.2) is 4.98 Å². The van der Waals surface area contributed by atoms with E-state index in [1.54, 1.807) is 0 Å². The van der Waals surface area contributed by atoms with Crippen LogP contribution in [0.25, 0.3) is 0 Å². The quantitative estimate of drug-likeness (QED) is 0.767. The molecule has 16 heavy (non-hydrogen) atoms. The van der Waals surface area contributed by atoms with Crippen LogP contribution >= 0.6 is 11.5 Å². The summed E-state index contributed by atoms with van der Waals surface area (Å²) in [6, 6.07) is 0.233. The average molecular weight is 243 g/mol. The molecule has 0 radical (unpaired) electrons. The van der Waals surface area contributed by atoms with Crippen LogP contribution in [0.2, 0.25) is 0 Å². The molecule has 0 fully saturated rings. The third-order valence-electron chi connectivity index (χ3n) is 2.18. The molecule has 1 aromatic heterocycles. The Bertz CT molecular complexity index is 341. The number of hydrogen-bond acceptors (Lipinski definition) is 5. The molecule has 1 atom stereocenters. The maximum absolute atomic E-state index is 10.3. The fourth-order valence-electron chi connectivity index (χ4n) is 1.30. The zero-order valence-corrected chi connectivity index (χ0v) is 10.4. The van der Waals surface area contributed by atoms with Crippen molar-refractivity contribution in [2.45, 2.75) is 45.6 Å². The molecule has 0 spiro atoms. The minimum atomic E-state index is -0.739. The van der Waals surface area contributed by atoms with Crippen molar-refractivity contribution in [1.29, 1.82) is 0 Å². The topological polar surface area (TPSA) is 75.1 Å². The Morgan fingerprint density at radius 1 is 1.62 bits per heavy atom. The molecule has 90 valence electrons. The highest BCUT2D eigenvalue weighted by molar-refractivity contribution is 7.09. The largest absolute Gasteiger partial charge is 0.481 e. The normalized spacial score (nSPS) is 12.4. The van der Waals surface area contributed by atoms with Gasteiger partial charge in [0.15, 0.2) is 0 Å². The van der Waals surface area contributed by atoms with Gasteiger partial charge in [0.05, 0.1) is 0 Å². The third kappa shape index (κ3) is 4.57. The van der Waals surface area contributed by atoms with E-state index in [4.69, 9.17) is 5.11 Å². The lowest BCUT2D eigenvalue weighted by atomic mass is 10.1. The molecule has 2 N–H and O–H groups in total. The van der Waals surface area contributed by atoms with Gasteiger partial charge in [-0.1, -0.05) is 6.92 Å². The van der Waals surface area contributed by atoms with E-state index in [9.17, 15) is 4.79 Å². The summed E-state index contributed by atoms with van der Waals surface area (Å²) in [6.45, 7) is 4.04. The summed E-state index contributed by atoms with van der Waals surface area (Å²) < 4.78 is 4.17. The number of hydrogen-bond donors (Lipinski definition) is 2. The lowest BCUT2D eigenvalue weighted by molar-refractivity contribution is -0.137. The Balaban J connectivity index is 2.28. The zero-order chi connectivity index (χ0) is 12.0. The smallest absolute Gasteiger partial charge is 0.303 e.